The molecule has 0 unspecified atom stereocenters. The maximum absolute atomic E-state index is 12.1. The number of sulfone groups is 1. The predicted molar refractivity (Wildman–Crippen MR) is 93.6 cm³/mol. The number of nitrogens with one attached hydrogen (secondary N) is 1. The van der Waals surface area contributed by atoms with Crippen molar-refractivity contribution in [1.82, 2.24) is 0 Å². The maximum atomic E-state index is 12.1. The molecule has 0 spiro atoms. The Morgan fingerprint density at radius 2 is 2.04 bits per heavy atom. The Hall–Kier alpha value is -1.91. The second kappa shape index (κ2) is 7.32. The molecule has 0 radical (unpaired) electrons. The summed E-state index contributed by atoms with van der Waals surface area (Å²) in [6.07, 6.45) is 0. The van der Waals surface area contributed by atoms with Gasteiger partial charge in [0.25, 0.3) is 5.69 Å². The molecule has 2 rings (SSSR count). The largest absolute Gasteiger partial charge is 0.325 e. The van der Waals surface area contributed by atoms with Crippen LogP contribution in [0.15, 0.2) is 43.6 Å². The van der Waals surface area contributed by atoms with Gasteiger partial charge in [0.05, 0.1) is 25.5 Å². The molecule has 128 valence electrons. The lowest BCUT2D eigenvalue weighted by molar-refractivity contribution is -0.387. The highest BCUT2D eigenvalue weighted by molar-refractivity contribution is 8.02. The number of hydrogen-bond acceptors (Lipinski definition) is 7. The third-order valence-corrected chi connectivity index (χ3v) is 7.63. The molecule has 0 bridgehead atoms. The molecule has 1 aromatic heterocycles. The van der Waals surface area contributed by atoms with Crippen molar-refractivity contribution in [3.63, 3.8) is 0 Å². The van der Waals surface area contributed by atoms with Crippen LogP contribution in [0.3, 0.4) is 0 Å². The van der Waals surface area contributed by atoms with Gasteiger partial charge in [0.2, 0.25) is 5.91 Å². The van der Waals surface area contributed by atoms with E-state index in [-0.39, 0.29) is 21.6 Å². The van der Waals surface area contributed by atoms with Crippen LogP contribution in [0.1, 0.15) is 13.8 Å². The van der Waals surface area contributed by atoms with Crippen LogP contribution < -0.4 is 5.32 Å². The minimum absolute atomic E-state index is 0.0668. The molecule has 0 fully saturated rings. The standard InChI is InChI=1S/C14H14N2O5S3/c1-3-24(20,21)13-8-10(15-9(2)17)14(23-13)22-12-7-5-4-6-11(12)16(18)19/h4-8H,3H2,1-2H3,(H,15,17). The Kier molecular flexibility index (Phi) is 5.62. The topological polar surface area (TPSA) is 106 Å². The molecule has 1 amide bonds. The molecule has 1 aromatic carbocycles. The van der Waals surface area contributed by atoms with Crippen molar-refractivity contribution in [3.05, 3.63) is 40.4 Å². The molecule has 0 saturated heterocycles. The summed E-state index contributed by atoms with van der Waals surface area (Å²) in [5.41, 5.74) is 0.257. The highest BCUT2D eigenvalue weighted by Crippen LogP contribution is 2.44. The minimum Gasteiger partial charge on any atom is -0.325 e. The molecule has 1 N–H and O–H groups in total. The Balaban J connectivity index is 2.49. The van der Waals surface area contributed by atoms with Crippen molar-refractivity contribution < 1.29 is 18.1 Å². The average molecular weight is 386 g/mol. The van der Waals surface area contributed by atoms with Crippen LogP contribution in [-0.2, 0) is 14.6 Å². The number of nitro groups is 1. The van der Waals surface area contributed by atoms with E-state index in [0.29, 0.717) is 14.8 Å². The number of benzene rings is 1. The fraction of sp³-hybridized carbons (Fsp3) is 0.214. The molecule has 0 saturated carbocycles. The number of para-hydroxylation sites is 1. The number of thiophene rings is 1. The van der Waals surface area contributed by atoms with E-state index in [1.54, 1.807) is 18.2 Å². The lowest BCUT2D eigenvalue weighted by Gasteiger charge is -2.04. The molecule has 0 atom stereocenters. The summed E-state index contributed by atoms with van der Waals surface area (Å²) in [5.74, 6) is -0.416. The van der Waals surface area contributed by atoms with Gasteiger partial charge in [-0.1, -0.05) is 30.8 Å². The van der Waals surface area contributed by atoms with Gasteiger partial charge in [-0.2, -0.15) is 0 Å². The number of nitro benzene ring substituents is 1. The lowest BCUT2D eigenvalue weighted by Crippen LogP contribution is -2.05. The molecule has 7 nitrogen and oxygen atoms in total. The van der Waals surface area contributed by atoms with E-state index in [0.717, 1.165) is 23.1 Å². The van der Waals surface area contributed by atoms with Crippen LogP contribution in [-0.4, -0.2) is 25.0 Å². The first-order valence-corrected chi connectivity index (χ1v) is 10.1. The third kappa shape index (κ3) is 4.13. The van der Waals surface area contributed by atoms with Crippen LogP contribution in [0.2, 0.25) is 0 Å². The summed E-state index contributed by atoms with van der Waals surface area (Å²) in [6, 6.07) is 7.55. The van der Waals surface area contributed by atoms with Crippen LogP contribution in [0.25, 0.3) is 0 Å². The van der Waals surface area contributed by atoms with Crippen LogP contribution in [0.5, 0.6) is 0 Å². The van der Waals surface area contributed by atoms with Gasteiger partial charge in [-0.05, 0) is 12.1 Å². The van der Waals surface area contributed by atoms with E-state index in [1.807, 2.05) is 0 Å². The summed E-state index contributed by atoms with van der Waals surface area (Å²) in [5, 5.41) is 13.7. The molecule has 2 aromatic rings. The molecule has 1 heterocycles. The van der Waals surface area contributed by atoms with E-state index < -0.39 is 14.8 Å². The lowest BCUT2D eigenvalue weighted by atomic mass is 10.3. The van der Waals surface area contributed by atoms with Crippen LogP contribution >= 0.6 is 23.1 Å². The Labute approximate surface area is 147 Å². The highest BCUT2D eigenvalue weighted by Gasteiger charge is 2.22. The minimum atomic E-state index is -3.43. The van der Waals surface area contributed by atoms with Crippen molar-refractivity contribution >= 4 is 50.2 Å². The fourth-order valence-electron chi connectivity index (χ4n) is 1.79. The van der Waals surface area contributed by atoms with E-state index in [1.165, 1.54) is 26.0 Å². The van der Waals surface area contributed by atoms with Crippen molar-refractivity contribution in [2.75, 3.05) is 11.1 Å². The average Bonchev–Trinajstić information content (AvgIpc) is 2.90. The Bertz CT molecular complexity index is 890. The van der Waals surface area contributed by atoms with Crippen molar-refractivity contribution in [3.8, 4) is 0 Å². The molecule has 0 aliphatic carbocycles. The SMILES string of the molecule is CCS(=O)(=O)c1cc(NC(C)=O)c(Sc2ccccc2[N+](=O)[O-])s1. The van der Waals surface area contributed by atoms with E-state index in [2.05, 4.69) is 5.32 Å². The van der Waals surface area contributed by atoms with Gasteiger partial charge in [0.15, 0.2) is 9.84 Å². The monoisotopic (exact) mass is 386 g/mol. The molecule has 0 aliphatic heterocycles. The number of hydrogen-bond donors (Lipinski definition) is 1. The van der Waals surface area contributed by atoms with Gasteiger partial charge >= 0.3 is 0 Å². The molecular formula is C14H14N2O5S3. The Morgan fingerprint density at radius 1 is 1.38 bits per heavy atom. The zero-order valence-corrected chi connectivity index (χ0v) is 15.3. The normalized spacial score (nSPS) is 11.2. The smallest absolute Gasteiger partial charge is 0.283 e. The number of nitrogens with zero attached hydrogens (tertiary/aromatic N) is 1. The predicted octanol–water partition coefficient (Wildman–Crippen LogP) is 3.56. The van der Waals surface area contributed by atoms with Crippen LogP contribution in [0.4, 0.5) is 11.4 Å². The van der Waals surface area contributed by atoms with Crippen LogP contribution in [0, 0.1) is 10.1 Å². The van der Waals surface area contributed by atoms with Crippen molar-refractivity contribution in [1.29, 1.82) is 0 Å². The first-order chi connectivity index (χ1) is 11.2. The van der Waals surface area contributed by atoms with Gasteiger partial charge in [0.1, 0.15) is 4.21 Å². The second-order valence-corrected chi connectivity index (χ2v) is 9.55. The Morgan fingerprint density at radius 3 is 2.62 bits per heavy atom. The third-order valence-electron chi connectivity index (χ3n) is 2.94. The highest BCUT2D eigenvalue weighted by atomic mass is 32.2. The fourth-order valence-corrected chi connectivity index (χ4v) is 5.74. The zero-order valence-electron chi connectivity index (χ0n) is 12.8. The second-order valence-electron chi connectivity index (χ2n) is 4.68. The summed E-state index contributed by atoms with van der Waals surface area (Å²) in [7, 11) is -3.43. The first-order valence-electron chi connectivity index (χ1n) is 6.80. The maximum Gasteiger partial charge on any atom is 0.283 e. The van der Waals surface area contributed by atoms with Gasteiger partial charge in [-0.15, -0.1) is 11.3 Å². The number of rotatable bonds is 6. The number of amides is 1. The van der Waals surface area contributed by atoms with Gasteiger partial charge in [0, 0.05) is 13.0 Å². The van der Waals surface area contributed by atoms with Gasteiger partial charge < -0.3 is 5.32 Å². The summed E-state index contributed by atoms with van der Waals surface area (Å²) in [6.45, 7) is 2.84. The molecular weight excluding hydrogens is 372 g/mol. The summed E-state index contributed by atoms with van der Waals surface area (Å²) < 4.78 is 24.7. The molecule has 0 aliphatic rings. The van der Waals surface area contributed by atoms with Crippen molar-refractivity contribution in [2.24, 2.45) is 0 Å². The van der Waals surface area contributed by atoms with Crippen molar-refractivity contribution in [2.45, 2.75) is 27.2 Å². The number of carbonyl (C=O) groups excluding carboxylic acids is 1. The number of anilines is 1. The number of carbonyl (C=O) groups is 1. The quantitative estimate of drug-likeness (QED) is 0.601. The molecule has 10 heteroatoms. The first kappa shape index (κ1) is 18.4. The summed E-state index contributed by atoms with van der Waals surface area (Å²) in [4.78, 5) is 22.3. The van der Waals surface area contributed by atoms with E-state index >= 15 is 0 Å². The van der Waals surface area contributed by atoms with Gasteiger partial charge in [-0.3, -0.25) is 14.9 Å². The summed E-state index contributed by atoms with van der Waals surface area (Å²) >= 11 is 2.04. The molecule has 24 heavy (non-hydrogen) atoms. The van der Waals surface area contributed by atoms with E-state index in [4.69, 9.17) is 0 Å². The van der Waals surface area contributed by atoms with E-state index in [9.17, 15) is 23.3 Å². The zero-order chi connectivity index (χ0) is 17.9. The van der Waals surface area contributed by atoms with Gasteiger partial charge in [-0.25, -0.2) is 8.42 Å².